The van der Waals surface area contributed by atoms with Crippen molar-refractivity contribution in [2.75, 3.05) is 4.98 Å². The van der Waals surface area contributed by atoms with Crippen molar-refractivity contribution in [3.63, 3.8) is 0 Å². The summed E-state index contributed by atoms with van der Waals surface area (Å²) in [5, 5.41) is 2.24. The van der Waals surface area contributed by atoms with Crippen molar-refractivity contribution < 1.29 is 0 Å². The molecule has 3 rings (SSSR count). The first-order chi connectivity index (χ1) is 10.7. The fourth-order valence-corrected chi connectivity index (χ4v) is 10.1. The van der Waals surface area contributed by atoms with Gasteiger partial charge < -0.3 is 4.98 Å². The lowest BCUT2D eigenvalue weighted by Crippen LogP contribution is -2.44. The van der Waals surface area contributed by atoms with Gasteiger partial charge >= 0.3 is 0 Å². The van der Waals surface area contributed by atoms with Gasteiger partial charge in [0.15, 0.2) is 8.24 Å². The molecule has 1 aliphatic carbocycles. The van der Waals surface area contributed by atoms with E-state index in [4.69, 9.17) is 0 Å². The average molecular weight is 406 g/mol. The third-order valence-electron chi connectivity index (χ3n) is 4.99. The van der Waals surface area contributed by atoms with Crippen LogP contribution in [0.1, 0.15) is 41.0 Å². The lowest BCUT2D eigenvalue weighted by molar-refractivity contribution is 1.09. The Labute approximate surface area is 153 Å². The van der Waals surface area contributed by atoms with Crippen molar-refractivity contribution in [1.82, 2.24) is 0 Å². The second kappa shape index (κ2) is 5.90. The van der Waals surface area contributed by atoms with Crippen molar-refractivity contribution in [3.05, 3.63) is 55.2 Å². The first-order valence-corrected chi connectivity index (χ1v) is 12.8. The minimum Gasteiger partial charge on any atom is -0.409 e. The predicted molar refractivity (Wildman–Crippen MR) is 110 cm³/mol. The molecule has 2 aromatic rings. The summed E-state index contributed by atoms with van der Waals surface area (Å²) in [5.74, 6) is 0. The van der Waals surface area contributed by atoms with E-state index in [-0.39, 0.29) is 0 Å². The zero-order valence-corrected chi connectivity index (χ0v) is 18.1. The smallest absolute Gasteiger partial charge is 0.159 e. The molecule has 0 saturated carbocycles. The summed E-state index contributed by atoms with van der Waals surface area (Å²) in [6.07, 6.45) is 0. The topological polar surface area (TPSA) is 12.0 Å². The van der Waals surface area contributed by atoms with Gasteiger partial charge in [0.2, 0.25) is 0 Å². The first-order valence-electron chi connectivity index (χ1n) is 8.02. The number of rotatable bonds is 3. The molecule has 1 aromatic carbocycles. The van der Waals surface area contributed by atoms with E-state index in [2.05, 4.69) is 85.3 Å². The van der Waals surface area contributed by atoms with E-state index in [9.17, 15) is 0 Å². The van der Waals surface area contributed by atoms with Gasteiger partial charge in [-0.05, 0) is 83.4 Å². The van der Waals surface area contributed by atoms with Gasteiger partial charge in [0.25, 0.3) is 0 Å². The summed E-state index contributed by atoms with van der Waals surface area (Å²) in [5.41, 5.74) is 8.95. The summed E-state index contributed by atoms with van der Waals surface area (Å²) < 4.78 is 1.18. The highest BCUT2D eigenvalue weighted by Gasteiger charge is 2.41. The van der Waals surface area contributed by atoms with Crippen LogP contribution in [0.25, 0.3) is 5.57 Å². The van der Waals surface area contributed by atoms with E-state index in [0.29, 0.717) is 5.54 Å². The molecule has 1 aliphatic rings. The van der Waals surface area contributed by atoms with Crippen LogP contribution in [0.2, 0.25) is 13.1 Å². The van der Waals surface area contributed by atoms with Gasteiger partial charge in [0.05, 0.1) is 0 Å². The molecule has 0 amide bonds. The van der Waals surface area contributed by atoms with Crippen molar-refractivity contribution in [2.24, 2.45) is 0 Å². The number of thiophene rings is 1. The van der Waals surface area contributed by atoms with Crippen molar-refractivity contribution in [1.29, 1.82) is 0 Å². The normalized spacial score (nSPS) is 17.6. The molecular formula is C19H24BrNSSi. The van der Waals surface area contributed by atoms with E-state index in [1.54, 1.807) is 10.5 Å². The van der Waals surface area contributed by atoms with Gasteiger partial charge in [0.1, 0.15) is 0 Å². The molecule has 4 heteroatoms. The number of nitrogens with one attached hydrogen (secondary N) is 1. The Balaban J connectivity index is 2.01. The monoisotopic (exact) mass is 405 g/mol. The van der Waals surface area contributed by atoms with Crippen LogP contribution in [0.3, 0.4) is 0 Å². The Morgan fingerprint density at radius 1 is 1.13 bits per heavy atom. The number of hydrogen-bond donors (Lipinski definition) is 1. The Morgan fingerprint density at radius 2 is 1.83 bits per heavy atom. The number of benzene rings is 1. The molecule has 0 saturated heterocycles. The van der Waals surface area contributed by atoms with E-state index >= 15 is 0 Å². The third-order valence-corrected chi connectivity index (χ3v) is 9.86. The molecule has 0 fully saturated rings. The van der Waals surface area contributed by atoms with E-state index in [0.717, 1.165) is 0 Å². The predicted octanol–water partition coefficient (Wildman–Crippen LogP) is 6.87. The lowest BCUT2D eigenvalue weighted by Gasteiger charge is -2.34. The van der Waals surface area contributed by atoms with Crippen LogP contribution in [0.4, 0.5) is 5.69 Å². The molecule has 0 radical (unpaired) electrons. The Bertz CT molecular complexity index is 780. The van der Waals surface area contributed by atoms with E-state index in [1.165, 1.54) is 32.4 Å². The minimum absolute atomic E-state index is 0.560. The standard InChI is InChI=1S/C19H24BrNSSi/c1-11-9-12(2)17(16(20)10-11)21-23(5,6)19-14(4)13(3)15-7-8-22-18(15)19/h7-10,19,21H,1-6H3. The molecule has 0 aliphatic heterocycles. The molecule has 1 unspecified atom stereocenters. The largest absolute Gasteiger partial charge is 0.409 e. The number of hydrogen-bond acceptors (Lipinski definition) is 2. The molecule has 122 valence electrons. The lowest BCUT2D eigenvalue weighted by atomic mass is 10.1. The van der Waals surface area contributed by atoms with Crippen LogP contribution in [0, 0.1) is 13.8 Å². The van der Waals surface area contributed by atoms with Crippen molar-refractivity contribution in [3.8, 4) is 0 Å². The Hall–Kier alpha value is -0.843. The highest BCUT2D eigenvalue weighted by molar-refractivity contribution is 9.10. The van der Waals surface area contributed by atoms with Crippen LogP contribution in [0.15, 0.2) is 33.6 Å². The van der Waals surface area contributed by atoms with Gasteiger partial charge in [-0.25, -0.2) is 0 Å². The molecule has 1 heterocycles. The summed E-state index contributed by atoms with van der Waals surface area (Å²) in [4.78, 5) is 5.53. The van der Waals surface area contributed by atoms with E-state index in [1.807, 2.05) is 11.3 Å². The highest BCUT2D eigenvalue weighted by atomic mass is 79.9. The van der Waals surface area contributed by atoms with Crippen LogP contribution < -0.4 is 4.98 Å². The number of allylic oxidation sites excluding steroid dienone is 2. The van der Waals surface area contributed by atoms with Gasteiger partial charge in [0, 0.05) is 20.6 Å². The fraction of sp³-hybridized carbons (Fsp3) is 0.368. The SMILES string of the molecule is CC1=C(C)C([Si](C)(C)Nc2c(C)cc(C)cc2Br)c2sccc21. The van der Waals surface area contributed by atoms with Crippen molar-refractivity contribution >= 4 is 46.8 Å². The van der Waals surface area contributed by atoms with Crippen molar-refractivity contribution in [2.45, 2.75) is 46.3 Å². The van der Waals surface area contributed by atoms with Crippen LogP contribution in [0.5, 0.6) is 0 Å². The van der Waals surface area contributed by atoms with Crippen LogP contribution >= 0.6 is 27.3 Å². The minimum atomic E-state index is -1.74. The maximum absolute atomic E-state index is 3.97. The molecule has 0 spiro atoms. The number of anilines is 1. The number of halogens is 1. The van der Waals surface area contributed by atoms with Crippen LogP contribution in [-0.2, 0) is 0 Å². The van der Waals surface area contributed by atoms with Gasteiger partial charge in [-0.15, -0.1) is 11.3 Å². The number of aryl methyl sites for hydroxylation is 2. The maximum Gasteiger partial charge on any atom is 0.159 e. The number of fused-ring (bicyclic) bond motifs is 1. The van der Waals surface area contributed by atoms with E-state index < -0.39 is 8.24 Å². The zero-order valence-electron chi connectivity index (χ0n) is 14.7. The summed E-state index contributed by atoms with van der Waals surface area (Å²) in [6.45, 7) is 13.8. The summed E-state index contributed by atoms with van der Waals surface area (Å²) in [7, 11) is -1.74. The fourth-order valence-electron chi connectivity index (χ4n) is 3.82. The van der Waals surface area contributed by atoms with Crippen LogP contribution in [-0.4, -0.2) is 8.24 Å². The Kier molecular flexibility index (Phi) is 4.36. The van der Waals surface area contributed by atoms with Gasteiger partial charge in [-0.2, -0.15) is 0 Å². The molecule has 0 bridgehead atoms. The molecule has 1 nitrogen and oxygen atoms in total. The first kappa shape index (κ1) is 17.0. The molecule has 1 N–H and O–H groups in total. The molecule has 1 atom stereocenters. The summed E-state index contributed by atoms with van der Waals surface area (Å²) >= 11 is 5.68. The molecule has 1 aromatic heterocycles. The molecular weight excluding hydrogens is 382 g/mol. The van der Waals surface area contributed by atoms with Gasteiger partial charge in [-0.1, -0.05) is 24.7 Å². The highest BCUT2D eigenvalue weighted by Crippen LogP contribution is 2.49. The Morgan fingerprint density at radius 3 is 2.48 bits per heavy atom. The maximum atomic E-state index is 3.97. The second-order valence-electron chi connectivity index (χ2n) is 7.22. The quantitative estimate of drug-likeness (QED) is 0.548. The van der Waals surface area contributed by atoms with Gasteiger partial charge in [-0.3, -0.25) is 0 Å². The zero-order chi connectivity index (χ0) is 16.9. The third kappa shape index (κ3) is 2.85. The molecule has 23 heavy (non-hydrogen) atoms. The average Bonchev–Trinajstić information content (AvgIpc) is 2.98. The summed E-state index contributed by atoms with van der Waals surface area (Å²) in [6, 6.07) is 6.76. The second-order valence-corrected chi connectivity index (χ2v) is 13.3.